The monoisotopic (exact) mass is 398 g/mol. The van der Waals surface area contributed by atoms with E-state index in [2.05, 4.69) is 20.7 Å². The Morgan fingerprint density at radius 3 is 2.93 bits per heavy atom. The number of hydrazone groups is 1. The maximum atomic E-state index is 11.4. The van der Waals surface area contributed by atoms with E-state index in [0.29, 0.717) is 16.7 Å². The van der Waals surface area contributed by atoms with Gasteiger partial charge in [-0.15, -0.1) is 10.2 Å². The average Bonchev–Trinajstić information content (AvgIpc) is 3.03. The normalized spacial score (nSPS) is 11.8. The van der Waals surface area contributed by atoms with Gasteiger partial charge in [0.2, 0.25) is 10.6 Å². The van der Waals surface area contributed by atoms with Gasteiger partial charge >= 0.3 is 0 Å². The molecule has 0 fully saturated rings. The van der Waals surface area contributed by atoms with Crippen LogP contribution in [0.2, 0.25) is 0 Å². The molecular formula is C18H18N6O3S. The number of anilines is 1. The fourth-order valence-electron chi connectivity index (χ4n) is 2.15. The minimum atomic E-state index is -0.508. The van der Waals surface area contributed by atoms with Crippen LogP contribution >= 0.6 is 11.8 Å². The topological polar surface area (TPSA) is 132 Å². The molecule has 144 valence electrons. The molecule has 3 aromatic rings. The molecule has 2 aromatic heterocycles. The smallest absolute Gasteiger partial charge is 0.264 e. The number of benzene rings is 1. The number of aromatic hydroxyl groups is 1. The number of nitrogens with one attached hydrogen (secondary N) is 1. The zero-order chi connectivity index (χ0) is 19.9. The second kappa shape index (κ2) is 8.91. The second-order valence-electron chi connectivity index (χ2n) is 5.73. The van der Waals surface area contributed by atoms with Crippen molar-refractivity contribution >= 4 is 30.0 Å². The number of aromatic nitrogens is 3. The van der Waals surface area contributed by atoms with Gasteiger partial charge < -0.3 is 15.4 Å². The molecule has 0 aliphatic heterocycles. The van der Waals surface area contributed by atoms with Crippen LogP contribution in [0.15, 0.2) is 67.7 Å². The van der Waals surface area contributed by atoms with E-state index in [4.69, 9.17) is 10.3 Å². The first-order valence-electron chi connectivity index (χ1n) is 8.19. The van der Waals surface area contributed by atoms with E-state index in [1.54, 1.807) is 6.21 Å². The largest absolute Gasteiger partial charge is 0.502 e. The van der Waals surface area contributed by atoms with Crippen molar-refractivity contribution in [3.8, 4) is 5.75 Å². The van der Waals surface area contributed by atoms with Crippen LogP contribution in [-0.4, -0.2) is 26.2 Å². The molecule has 0 unspecified atom stereocenters. The maximum Gasteiger partial charge on any atom is 0.264 e. The number of nitrogens with zero attached hydrogens (tertiary/aromatic N) is 4. The molecule has 1 aromatic carbocycles. The fourth-order valence-corrected chi connectivity index (χ4v) is 2.89. The first-order chi connectivity index (χ1) is 13.5. The Bertz CT molecular complexity index is 1060. The number of allylic oxidation sites excluding steroid dienone is 1. The zero-order valence-electron chi connectivity index (χ0n) is 14.9. The Hall–Kier alpha value is -3.53. The molecule has 9 nitrogen and oxygen atoms in total. The molecule has 0 atom stereocenters. The number of nitrogens with two attached hydrogens (primary N) is 1. The lowest BCUT2D eigenvalue weighted by Crippen LogP contribution is -2.13. The number of hydrogen-bond donors (Lipinski definition) is 3. The third kappa shape index (κ3) is 5.01. The summed E-state index contributed by atoms with van der Waals surface area (Å²) in [5, 5.41) is 21.6. The molecule has 0 bridgehead atoms. The molecular weight excluding hydrogens is 380 g/mol. The summed E-state index contributed by atoms with van der Waals surface area (Å²) in [6, 6.07) is 11.1. The number of hydrogen-bond acceptors (Lipinski definition) is 9. The minimum Gasteiger partial charge on any atom is -0.502 e. The summed E-state index contributed by atoms with van der Waals surface area (Å²) < 4.78 is 6.38. The van der Waals surface area contributed by atoms with Gasteiger partial charge in [0.15, 0.2) is 5.75 Å². The van der Waals surface area contributed by atoms with Crippen LogP contribution in [0.5, 0.6) is 5.75 Å². The van der Waals surface area contributed by atoms with Gasteiger partial charge in [-0.1, -0.05) is 48.2 Å². The Balaban J connectivity index is 1.59. The molecule has 0 radical (unpaired) electrons. The summed E-state index contributed by atoms with van der Waals surface area (Å²) in [6.07, 6.45) is 4.64. The number of thioether (sulfide) groups is 1. The summed E-state index contributed by atoms with van der Waals surface area (Å²) in [4.78, 5) is 11.4. The summed E-state index contributed by atoms with van der Waals surface area (Å²) in [6.45, 7) is 1.93. The van der Waals surface area contributed by atoms with E-state index >= 15 is 0 Å². The van der Waals surface area contributed by atoms with Crippen molar-refractivity contribution in [1.29, 1.82) is 0 Å². The van der Waals surface area contributed by atoms with Gasteiger partial charge in [-0.25, -0.2) is 10.1 Å². The van der Waals surface area contributed by atoms with Crippen molar-refractivity contribution in [1.82, 2.24) is 14.9 Å². The van der Waals surface area contributed by atoms with Gasteiger partial charge in [0.1, 0.15) is 12.0 Å². The van der Waals surface area contributed by atoms with E-state index in [9.17, 15) is 9.90 Å². The molecule has 3 rings (SSSR count). The number of rotatable bonds is 7. The quantitative estimate of drug-likeness (QED) is 0.239. The highest BCUT2D eigenvalue weighted by atomic mass is 32.2. The van der Waals surface area contributed by atoms with Crippen LogP contribution in [0.3, 0.4) is 0 Å². The van der Waals surface area contributed by atoms with Gasteiger partial charge in [0, 0.05) is 6.07 Å². The van der Waals surface area contributed by atoms with Crippen molar-refractivity contribution in [2.45, 2.75) is 17.8 Å². The van der Waals surface area contributed by atoms with Crippen LogP contribution < -0.4 is 16.7 Å². The first kappa shape index (κ1) is 19.2. The van der Waals surface area contributed by atoms with Crippen LogP contribution in [0, 0.1) is 0 Å². The van der Waals surface area contributed by atoms with Crippen molar-refractivity contribution < 1.29 is 9.52 Å². The van der Waals surface area contributed by atoms with Crippen LogP contribution in [0.1, 0.15) is 18.2 Å². The predicted octanol–water partition coefficient (Wildman–Crippen LogP) is 2.44. The molecule has 0 saturated carbocycles. The fraction of sp³-hybridized carbons (Fsp3) is 0.111. The van der Waals surface area contributed by atoms with Crippen LogP contribution in [0.4, 0.5) is 5.95 Å². The SMILES string of the molecule is CC(C=NNc1nnc(SCc2cc(=O)c(O)co2)n1N)=Cc1ccccc1. The molecule has 28 heavy (non-hydrogen) atoms. The highest BCUT2D eigenvalue weighted by Gasteiger charge is 2.11. The van der Waals surface area contributed by atoms with E-state index in [1.807, 2.05) is 43.3 Å². The third-order valence-corrected chi connectivity index (χ3v) is 4.47. The zero-order valence-corrected chi connectivity index (χ0v) is 15.8. The van der Waals surface area contributed by atoms with Gasteiger partial charge in [0.05, 0.1) is 12.0 Å². The van der Waals surface area contributed by atoms with E-state index in [1.165, 1.54) is 22.5 Å². The van der Waals surface area contributed by atoms with E-state index in [0.717, 1.165) is 17.4 Å². The molecule has 10 heteroatoms. The van der Waals surface area contributed by atoms with E-state index < -0.39 is 11.2 Å². The van der Waals surface area contributed by atoms with Crippen molar-refractivity contribution in [2.24, 2.45) is 5.10 Å². The van der Waals surface area contributed by atoms with Crippen LogP contribution in [0.25, 0.3) is 6.08 Å². The highest BCUT2D eigenvalue weighted by molar-refractivity contribution is 7.98. The van der Waals surface area contributed by atoms with Gasteiger partial charge in [-0.05, 0) is 18.1 Å². The molecule has 0 amide bonds. The summed E-state index contributed by atoms with van der Waals surface area (Å²) >= 11 is 1.22. The van der Waals surface area contributed by atoms with Gasteiger partial charge in [-0.2, -0.15) is 5.10 Å². The summed E-state index contributed by atoms with van der Waals surface area (Å²) in [5.41, 5.74) is 4.25. The molecule has 0 aliphatic rings. The standard InChI is InChI=1S/C18H18N6O3S/c1-12(7-13-5-3-2-4-6-13)9-20-21-17-22-23-18(24(17)19)28-11-14-8-15(25)16(26)10-27-14/h2-10,26H,11,19H2,1H3,(H,21,22). The molecule has 0 aliphatic carbocycles. The molecule has 0 spiro atoms. The first-order valence-corrected chi connectivity index (χ1v) is 9.18. The number of nitrogen functional groups attached to an aromatic ring is 1. The lowest BCUT2D eigenvalue weighted by molar-refractivity contribution is 0.419. The highest BCUT2D eigenvalue weighted by Crippen LogP contribution is 2.21. The lowest BCUT2D eigenvalue weighted by Gasteiger charge is -2.02. The Labute approximate surface area is 164 Å². The summed E-state index contributed by atoms with van der Waals surface area (Å²) in [5.74, 6) is 6.46. The third-order valence-electron chi connectivity index (χ3n) is 3.50. The van der Waals surface area contributed by atoms with Crippen molar-refractivity contribution in [3.05, 3.63) is 69.8 Å². The molecule has 4 N–H and O–H groups in total. The van der Waals surface area contributed by atoms with Crippen LogP contribution in [-0.2, 0) is 5.75 Å². The van der Waals surface area contributed by atoms with Crippen molar-refractivity contribution in [3.63, 3.8) is 0 Å². The predicted molar refractivity (Wildman–Crippen MR) is 109 cm³/mol. The molecule has 0 saturated heterocycles. The Morgan fingerprint density at radius 2 is 2.18 bits per heavy atom. The van der Waals surface area contributed by atoms with Crippen molar-refractivity contribution in [2.75, 3.05) is 11.3 Å². The lowest BCUT2D eigenvalue weighted by atomic mass is 10.1. The van der Waals surface area contributed by atoms with E-state index in [-0.39, 0.29) is 5.95 Å². The second-order valence-corrected chi connectivity index (χ2v) is 6.67. The average molecular weight is 398 g/mol. The Kier molecular flexibility index (Phi) is 6.12. The maximum absolute atomic E-state index is 11.4. The Morgan fingerprint density at radius 1 is 1.39 bits per heavy atom. The minimum absolute atomic E-state index is 0.262. The molecule has 2 heterocycles. The van der Waals surface area contributed by atoms with Gasteiger partial charge in [0.25, 0.3) is 5.95 Å². The van der Waals surface area contributed by atoms with Gasteiger partial charge in [-0.3, -0.25) is 4.79 Å². The summed E-state index contributed by atoms with van der Waals surface area (Å²) in [7, 11) is 0.